The summed E-state index contributed by atoms with van der Waals surface area (Å²) < 4.78 is 5.97. The Labute approximate surface area is 166 Å². The number of hydrogen-bond acceptors (Lipinski definition) is 4. The number of hydrogen-bond donors (Lipinski definition) is 1. The Hall–Kier alpha value is -3.11. The molecule has 1 aliphatic carbocycles. The molecule has 2 heterocycles. The van der Waals surface area contributed by atoms with E-state index >= 15 is 0 Å². The number of anilines is 1. The minimum absolute atomic E-state index is 0.0301. The third kappa shape index (κ3) is 2.69. The highest BCUT2D eigenvalue weighted by molar-refractivity contribution is 6.33. The Bertz CT molecular complexity index is 1210. The lowest BCUT2D eigenvalue weighted by Gasteiger charge is -2.24. The van der Waals surface area contributed by atoms with Gasteiger partial charge in [0.2, 0.25) is 5.71 Å². The van der Waals surface area contributed by atoms with Gasteiger partial charge in [0.15, 0.2) is 5.78 Å². The summed E-state index contributed by atoms with van der Waals surface area (Å²) in [5, 5.41) is 1.24. The van der Waals surface area contributed by atoms with E-state index in [0.29, 0.717) is 51.7 Å². The average Bonchev–Trinajstić information content (AvgIpc) is 3.13. The SMILES string of the molecule is Nc1c2c(nc3oc(-c4ccccc4Cl)cc13)C[C@H](c1ccccc1)CC2=O. The number of ketones is 1. The Kier molecular flexibility index (Phi) is 3.95. The number of Topliss-reactive ketones (excluding diaryl/α,β-unsaturated/α-hetero) is 1. The van der Waals surface area contributed by atoms with Crippen molar-refractivity contribution in [2.45, 2.75) is 18.8 Å². The number of nitrogens with two attached hydrogens (primary N) is 1. The summed E-state index contributed by atoms with van der Waals surface area (Å²) in [5.74, 6) is 0.722. The van der Waals surface area contributed by atoms with Crippen molar-refractivity contribution >= 4 is 34.2 Å². The Morgan fingerprint density at radius 1 is 1.04 bits per heavy atom. The first-order valence-corrected chi connectivity index (χ1v) is 9.54. The zero-order valence-electron chi connectivity index (χ0n) is 15.0. The summed E-state index contributed by atoms with van der Waals surface area (Å²) in [5.41, 5.74) is 10.4. The first-order valence-electron chi connectivity index (χ1n) is 9.16. The predicted molar refractivity (Wildman–Crippen MR) is 111 cm³/mol. The maximum Gasteiger partial charge on any atom is 0.229 e. The molecule has 0 unspecified atom stereocenters. The number of halogens is 1. The standard InChI is InChI=1S/C23H17ClN2O2/c24-17-9-5-4-8-15(17)20-12-16-22(25)21-18(26-23(16)28-20)10-14(11-19(21)27)13-6-2-1-3-7-13/h1-9,12,14H,10-11H2,(H2,25,26)/t14-/m0/s1. The van der Waals surface area contributed by atoms with E-state index in [2.05, 4.69) is 4.98 Å². The number of fused-ring (bicyclic) bond motifs is 2. The molecule has 5 heteroatoms. The maximum atomic E-state index is 12.9. The smallest absolute Gasteiger partial charge is 0.229 e. The molecule has 4 aromatic rings. The fraction of sp³-hybridized carbons (Fsp3) is 0.130. The quantitative estimate of drug-likeness (QED) is 0.482. The number of carbonyl (C=O) groups is 1. The van der Waals surface area contributed by atoms with Crippen LogP contribution in [0.2, 0.25) is 5.02 Å². The summed E-state index contributed by atoms with van der Waals surface area (Å²) in [4.78, 5) is 17.6. The third-order valence-corrected chi connectivity index (χ3v) is 5.69. The molecule has 1 aliphatic rings. The largest absolute Gasteiger partial charge is 0.438 e. The van der Waals surface area contributed by atoms with E-state index in [1.54, 1.807) is 6.07 Å². The normalized spacial score (nSPS) is 16.3. The van der Waals surface area contributed by atoms with Crippen LogP contribution in [0, 0.1) is 0 Å². The third-order valence-electron chi connectivity index (χ3n) is 5.36. The van der Waals surface area contributed by atoms with Crippen LogP contribution in [0.3, 0.4) is 0 Å². The van der Waals surface area contributed by atoms with E-state index in [1.165, 1.54) is 0 Å². The minimum atomic E-state index is 0.0301. The highest BCUT2D eigenvalue weighted by atomic mass is 35.5. The Morgan fingerprint density at radius 3 is 2.57 bits per heavy atom. The molecule has 1 atom stereocenters. The van der Waals surface area contributed by atoms with E-state index in [-0.39, 0.29) is 11.7 Å². The molecule has 0 bridgehead atoms. The van der Waals surface area contributed by atoms with Gasteiger partial charge in [-0.25, -0.2) is 4.98 Å². The molecule has 0 radical (unpaired) electrons. The van der Waals surface area contributed by atoms with Gasteiger partial charge in [-0.1, -0.05) is 54.1 Å². The molecule has 0 amide bonds. The van der Waals surface area contributed by atoms with E-state index < -0.39 is 0 Å². The zero-order chi connectivity index (χ0) is 19.3. The van der Waals surface area contributed by atoms with Crippen LogP contribution in [0.4, 0.5) is 5.69 Å². The molecular formula is C23H17ClN2O2. The van der Waals surface area contributed by atoms with Crippen LogP contribution in [0.15, 0.2) is 65.1 Å². The molecule has 5 rings (SSSR count). The second-order valence-corrected chi connectivity index (χ2v) is 7.50. The number of benzene rings is 2. The van der Waals surface area contributed by atoms with Gasteiger partial charge in [0.1, 0.15) is 5.76 Å². The number of rotatable bonds is 2. The van der Waals surface area contributed by atoms with Crippen LogP contribution >= 0.6 is 11.6 Å². The molecule has 0 fully saturated rings. The van der Waals surface area contributed by atoms with Crippen LogP contribution in [-0.2, 0) is 6.42 Å². The molecule has 138 valence electrons. The van der Waals surface area contributed by atoms with Crippen molar-refractivity contribution in [3.63, 3.8) is 0 Å². The van der Waals surface area contributed by atoms with E-state index in [1.807, 2.05) is 54.6 Å². The Morgan fingerprint density at radius 2 is 1.79 bits per heavy atom. The summed E-state index contributed by atoms with van der Waals surface area (Å²) >= 11 is 6.30. The van der Waals surface area contributed by atoms with Gasteiger partial charge in [-0.3, -0.25) is 4.79 Å². The van der Waals surface area contributed by atoms with Gasteiger partial charge in [-0.2, -0.15) is 0 Å². The molecule has 2 N–H and O–H groups in total. The maximum absolute atomic E-state index is 12.9. The molecule has 2 aromatic carbocycles. The van der Waals surface area contributed by atoms with Gasteiger partial charge in [-0.15, -0.1) is 0 Å². The van der Waals surface area contributed by atoms with E-state index in [9.17, 15) is 4.79 Å². The monoisotopic (exact) mass is 388 g/mol. The molecule has 28 heavy (non-hydrogen) atoms. The van der Waals surface area contributed by atoms with E-state index in [4.69, 9.17) is 21.8 Å². The number of carbonyl (C=O) groups excluding carboxylic acids is 1. The average molecular weight is 389 g/mol. The minimum Gasteiger partial charge on any atom is -0.438 e. The van der Waals surface area contributed by atoms with Crippen molar-refractivity contribution < 1.29 is 9.21 Å². The lowest BCUT2D eigenvalue weighted by molar-refractivity contribution is 0.0964. The van der Waals surface area contributed by atoms with Crippen LogP contribution in [0.25, 0.3) is 22.4 Å². The molecular weight excluding hydrogens is 372 g/mol. The summed E-state index contributed by atoms with van der Waals surface area (Å²) in [6, 6.07) is 19.3. The fourth-order valence-electron chi connectivity index (χ4n) is 3.97. The molecule has 0 aliphatic heterocycles. The highest BCUT2D eigenvalue weighted by Crippen LogP contribution is 2.40. The second-order valence-electron chi connectivity index (χ2n) is 7.10. The van der Waals surface area contributed by atoms with Crippen molar-refractivity contribution in [3.8, 4) is 11.3 Å². The number of nitrogen functional groups attached to an aromatic ring is 1. The zero-order valence-corrected chi connectivity index (χ0v) is 15.7. The molecule has 0 saturated carbocycles. The number of pyridine rings is 1. The fourth-order valence-corrected chi connectivity index (χ4v) is 4.20. The molecule has 0 spiro atoms. The molecule has 2 aromatic heterocycles. The van der Waals surface area contributed by atoms with Crippen molar-refractivity contribution in [2.24, 2.45) is 0 Å². The topological polar surface area (TPSA) is 69.1 Å². The van der Waals surface area contributed by atoms with Crippen LogP contribution in [0.5, 0.6) is 0 Å². The highest BCUT2D eigenvalue weighted by Gasteiger charge is 2.31. The molecule has 4 nitrogen and oxygen atoms in total. The predicted octanol–water partition coefficient (Wildman–Crippen LogP) is 5.64. The van der Waals surface area contributed by atoms with Gasteiger partial charge < -0.3 is 10.2 Å². The van der Waals surface area contributed by atoms with Gasteiger partial charge >= 0.3 is 0 Å². The number of aromatic nitrogens is 1. The molecule has 0 saturated heterocycles. The van der Waals surface area contributed by atoms with Gasteiger partial charge in [0, 0.05) is 12.0 Å². The van der Waals surface area contributed by atoms with Gasteiger partial charge in [-0.05, 0) is 36.1 Å². The van der Waals surface area contributed by atoms with Crippen molar-refractivity contribution in [1.82, 2.24) is 4.98 Å². The summed E-state index contributed by atoms with van der Waals surface area (Å²) in [7, 11) is 0. The second kappa shape index (κ2) is 6.50. The van der Waals surface area contributed by atoms with Crippen molar-refractivity contribution in [2.75, 3.05) is 5.73 Å². The summed E-state index contributed by atoms with van der Waals surface area (Å²) in [6.45, 7) is 0. The van der Waals surface area contributed by atoms with Gasteiger partial charge in [0.25, 0.3) is 0 Å². The van der Waals surface area contributed by atoms with Crippen molar-refractivity contribution in [1.29, 1.82) is 0 Å². The lowest BCUT2D eigenvalue weighted by atomic mass is 9.81. The van der Waals surface area contributed by atoms with Crippen molar-refractivity contribution in [3.05, 3.63) is 82.5 Å². The first kappa shape index (κ1) is 17.0. The Balaban J connectivity index is 1.63. The van der Waals surface area contributed by atoms with Crippen LogP contribution in [0.1, 0.15) is 34.0 Å². The summed E-state index contributed by atoms with van der Waals surface area (Å²) in [6.07, 6.45) is 1.09. The number of furan rings is 1. The van der Waals surface area contributed by atoms with Crippen LogP contribution < -0.4 is 5.73 Å². The van der Waals surface area contributed by atoms with E-state index in [0.717, 1.165) is 11.1 Å². The van der Waals surface area contributed by atoms with Gasteiger partial charge in [0.05, 0.1) is 27.4 Å². The first-order chi connectivity index (χ1) is 13.6. The lowest BCUT2D eigenvalue weighted by Crippen LogP contribution is -2.21. The number of nitrogens with zero attached hydrogens (tertiary/aromatic N) is 1. The van der Waals surface area contributed by atoms with Crippen LogP contribution in [-0.4, -0.2) is 10.8 Å².